The maximum absolute atomic E-state index is 12.2. The third kappa shape index (κ3) is 6.01. The number of nitrogens with zero attached hydrogens (tertiary/aromatic N) is 4. The number of carboxylic acids is 1. The molecule has 0 atom stereocenters. The van der Waals surface area contributed by atoms with Crippen LogP contribution in [0.4, 0.5) is 13.2 Å². The number of nitrogens with one attached hydrogen (secondary N) is 1. The fourth-order valence-electron chi connectivity index (χ4n) is 2.79. The first-order valence-electron chi connectivity index (χ1n) is 8.71. The molecular weight excluding hydrogens is 391 g/mol. The van der Waals surface area contributed by atoms with Crippen LogP contribution in [0.1, 0.15) is 33.1 Å². The Morgan fingerprint density at radius 2 is 1.97 bits per heavy atom. The highest BCUT2D eigenvalue weighted by molar-refractivity contribution is 5.93. The van der Waals surface area contributed by atoms with Crippen molar-refractivity contribution in [1.82, 2.24) is 25.0 Å². The van der Waals surface area contributed by atoms with Gasteiger partial charge in [0.15, 0.2) is 5.69 Å². The fraction of sp³-hybridized carbons (Fsp3) is 0.444. The number of aryl methyl sites for hydroxylation is 1. The average molecular weight is 413 g/mol. The van der Waals surface area contributed by atoms with E-state index in [-0.39, 0.29) is 5.91 Å². The van der Waals surface area contributed by atoms with Crippen molar-refractivity contribution >= 4 is 11.9 Å². The van der Waals surface area contributed by atoms with E-state index < -0.39 is 12.1 Å². The molecule has 1 amide bonds. The van der Waals surface area contributed by atoms with Crippen LogP contribution in [0.25, 0.3) is 0 Å². The van der Waals surface area contributed by atoms with Crippen LogP contribution in [0.2, 0.25) is 0 Å². The smallest absolute Gasteiger partial charge is 0.475 e. The van der Waals surface area contributed by atoms with E-state index in [0.29, 0.717) is 5.69 Å². The summed E-state index contributed by atoms with van der Waals surface area (Å²) in [4.78, 5) is 29.5. The van der Waals surface area contributed by atoms with E-state index in [2.05, 4.69) is 20.1 Å². The number of rotatable bonds is 3. The second-order valence-electron chi connectivity index (χ2n) is 6.76. The molecule has 0 spiro atoms. The molecule has 0 saturated carbocycles. The Morgan fingerprint density at radius 3 is 2.52 bits per heavy atom. The molecule has 11 heteroatoms. The van der Waals surface area contributed by atoms with Crippen molar-refractivity contribution in [3.05, 3.63) is 46.5 Å². The predicted octanol–water partition coefficient (Wildman–Crippen LogP) is 2.01. The molecule has 0 bridgehead atoms. The van der Waals surface area contributed by atoms with Gasteiger partial charge in [-0.2, -0.15) is 18.3 Å². The Balaban J connectivity index is 0.000000370. The summed E-state index contributed by atoms with van der Waals surface area (Å²) in [6.45, 7) is 4.47. The highest BCUT2D eigenvalue weighted by Crippen LogP contribution is 2.22. The summed E-state index contributed by atoms with van der Waals surface area (Å²) in [7, 11) is 3.50. The Bertz CT molecular complexity index is 880. The third-order valence-electron chi connectivity index (χ3n) is 4.20. The lowest BCUT2D eigenvalue weighted by molar-refractivity contribution is -0.192. The molecule has 3 rings (SSSR count). The number of fused-ring (bicyclic) bond motifs is 1. The molecule has 0 saturated heterocycles. The number of aromatic nitrogens is 3. The first kappa shape index (κ1) is 22.3. The monoisotopic (exact) mass is 413 g/mol. The average Bonchev–Trinajstić information content (AvgIpc) is 3.04. The lowest BCUT2D eigenvalue weighted by Gasteiger charge is -2.26. The summed E-state index contributed by atoms with van der Waals surface area (Å²) in [5.74, 6) is -2.81. The molecule has 0 aliphatic carbocycles. The maximum atomic E-state index is 12.2. The standard InChI is InChI=1S/C16H21N5O.C2HF3O2/c1-11-5-4-6-12(17-11)9-21-8-7-14-13(10-21)15(19-18-14)16(22)20(2)3;3-2(4,5)1(6)7/h4-6H,7-10H2,1-3H3,(H,18,19);(H,6,7). The Kier molecular flexibility index (Phi) is 6.96. The minimum absolute atomic E-state index is 0.0481. The number of alkyl halides is 3. The van der Waals surface area contributed by atoms with Gasteiger partial charge >= 0.3 is 12.1 Å². The van der Waals surface area contributed by atoms with Gasteiger partial charge in [0.1, 0.15) is 0 Å². The summed E-state index contributed by atoms with van der Waals surface area (Å²) in [6, 6.07) is 6.08. The van der Waals surface area contributed by atoms with E-state index in [1.54, 1.807) is 19.0 Å². The van der Waals surface area contributed by atoms with Crippen LogP contribution in [0.5, 0.6) is 0 Å². The largest absolute Gasteiger partial charge is 0.490 e. The summed E-state index contributed by atoms with van der Waals surface area (Å²) < 4.78 is 31.7. The van der Waals surface area contributed by atoms with Crippen molar-refractivity contribution in [1.29, 1.82) is 0 Å². The predicted molar refractivity (Wildman–Crippen MR) is 97.1 cm³/mol. The van der Waals surface area contributed by atoms with Crippen molar-refractivity contribution in [3.63, 3.8) is 0 Å². The van der Waals surface area contributed by atoms with Crippen molar-refractivity contribution in [2.45, 2.75) is 32.6 Å². The summed E-state index contributed by atoms with van der Waals surface area (Å²) in [6.07, 6.45) is -4.20. The van der Waals surface area contributed by atoms with Crippen LogP contribution < -0.4 is 0 Å². The highest BCUT2D eigenvalue weighted by Gasteiger charge is 2.38. The number of amides is 1. The molecule has 8 nitrogen and oxygen atoms in total. The van der Waals surface area contributed by atoms with Gasteiger partial charge in [-0.25, -0.2) is 4.79 Å². The molecule has 0 radical (unpaired) electrons. The number of pyridine rings is 1. The van der Waals surface area contributed by atoms with E-state index in [1.165, 1.54) is 0 Å². The number of halogens is 3. The van der Waals surface area contributed by atoms with Gasteiger partial charge in [0.2, 0.25) is 0 Å². The molecule has 3 heterocycles. The van der Waals surface area contributed by atoms with Crippen molar-refractivity contribution in [3.8, 4) is 0 Å². The minimum atomic E-state index is -5.08. The van der Waals surface area contributed by atoms with Crippen molar-refractivity contribution in [2.75, 3.05) is 20.6 Å². The molecule has 1 aliphatic rings. The first-order valence-corrected chi connectivity index (χ1v) is 8.71. The molecule has 0 aromatic carbocycles. The third-order valence-corrected chi connectivity index (χ3v) is 4.20. The number of aromatic amines is 1. The van der Waals surface area contributed by atoms with Gasteiger partial charge in [0.05, 0.1) is 5.69 Å². The number of hydrogen-bond donors (Lipinski definition) is 2. The summed E-state index contributed by atoms with van der Waals surface area (Å²) >= 11 is 0. The first-order chi connectivity index (χ1) is 13.5. The second kappa shape index (κ2) is 9.03. The fourth-order valence-corrected chi connectivity index (χ4v) is 2.79. The molecule has 29 heavy (non-hydrogen) atoms. The van der Waals surface area contributed by atoms with Crippen molar-refractivity contribution < 1.29 is 27.9 Å². The number of H-pyrrole nitrogens is 1. The number of hydrogen-bond acceptors (Lipinski definition) is 5. The maximum Gasteiger partial charge on any atom is 0.490 e. The van der Waals surface area contributed by atoms with Crippen LogP contribution in [0.15, 0.2) is 18.2 Å². The summed E-state index contributed by atoms with van der Waals surface area (Å²) in [5, 5.41) is 14.4. The molecule has 0 unspecified atom stereocenters. The number of carbonyl (C=O) groups excluding carboxylic acids is 1. The van der Waals surface area contributed by atoms with E-state index in [4.69, 9.17) is 9.90 Å². The second-order valence-corrected chi connectivity index (χ2v) is 6.76. The van der Waals surface area contributed by atoms with Gasteiger partial charge in [-0.3, -0.25) is 19.8 Å². The van der Waals surface area contributed by atoms with Crippen LogP contribution >= 0.6 is 0 Å². The van der Waals surface area contributed by atoms with Crippen LogP contribution in [-0.2, 0) is 24.3 Å². The topological polar surface area (TPSA) is 102 Å². The lowest BCUT2D eigenvalue weighted by Crippen LogP contribution is -2.32. The Hall–Kier alpha value is -2.95. The van der Waals surface area contributed by atoms with Gasteiger partial charge < -0.3 is 10.0 Å². The zero-order chi connectivity index (χ0) is 21.8. The Morgan fingerprint density at radius 1 is 1.31 bits per heavy atom. The molecule has 2 N–H and O–H groups in total. The van der Waals surface area contributed by atoms with E-state index in [1.807, 2.05) is 25.1 Å². The van der Waals surface area contributed by atoms with E-state index in [9.17, 15) is 18.0 Å². The number of aliphatic carboxylic acids is 1. The zero-order valence-electron chi connectivity index (χ0n) is 16.2. The van der Waals surface area contributed by atoms with Crippen LogP contribution in [0.3, 0.4) is 0 Å². The van der Waals surface area contributed by atoms with Crippen molar-refractivity contribution in [2.24, 2.45) is 0 Å². The highest BCUT2D eigenvalue weighted by atomic mass is 19.4. The number of carbonyl (C=O) groups is 2. The van der Waals surface area contributed by atoms with Crippen LogP contribution in [0, 0.1) is 6.92 Å². The normalized spacial score (nSPS) is 13.9. The Labute approximate surface area is 165 Å². The molecule has 2 aromatic rings. The van der Waals surface area contributed by atoms with E-state index >= 15 is 0 Å². The zero-order valence-corrected chi connectivity index (χ0v) is 16.2. The van der Waals surface area contributed by atoms with E-state index in [0.717, 1.165) is 48.7 Å². The summed E-state index contributed by atoms with van der Waals surface area (Å²) in [5.41, 5.74) is 4.74. The van der Waals surface area contributed by atoms with Gasteiger partial charge in [-0.15, -0.1) is 0 Å². The van der Waals surface area contributed by atoms with Gasteiger partial charge in [0.25, 0.3) is 5.91 Å². The molecule has 1 aliphatic heterocycles. The SMILES string of the molecule is Cc1cccc(CN2CCc3[nH]nc(C(=O)N(C)C)c3C2)n1.O=C(O)C(F)(F)F. The van der Waals surface area contributed by atoms with Gasteiger partial charge in [-0.05, 0) is 19.1 Å². The minimum Gasteiger partial charge on any atom is -0.475 e. The molecule has 0 fully saturated rings. The molecule has 158 valence electrons. The molecule has 2 aromatic heterocycles. The quantitative estimate of drug-likeness (QED) is 0.798. The molecular formula is C18H22F3N5O3. The lowest BCUT2D eigenvalue weighted by atomic mass is 10.0. The number of carboxylic acid groups (broad SMARTS) is 1. The van der Waals surface area contributed by atoms with Gasteiger partial charge in [-0.1, -0.05) is 6.07 Å². The van der Waals surface area contributed by atoms with Gasteiger partial charge in [0, 0.05) is 57.1 Å². The van der Waals surface area contributed by atoms with Crippen LogP contribution in [-0.4, -0.2) is 68.8 Å².